The first-order valence-corrected chi connectivity index (χ1v) is 5.92. The molecule has 0 amide bonds. The van der Waals surface area contributed by atoms with Crippen LogP contribution in [0.15, 0.2) is 18.2 Å². The molecule has 0 heterocycles. The summed E-state index contributed by atoms with van der Waals surface area (Å²) >= 11 is 0. The maximum absolute atomic E-state index is 11.8. The van der Waals surface area contributed by atoms with Crippen LogP contribution in [0.4, 0.5) is 0 Å². The van der Waals surface area contributed by atoms with E-state index in [1.165, 1.54) is 0 Å². The lowest BCUT2D eigenvalue weighted by atomic mass is 10.1. The van der Waals surface area contributed by atoms with Crippen LogP contribution in [-0.2, 0) is 11.2 Å². The maximum atomic E-state index is 11.8. The van der Waals surface area contributed by atoms with Gasteiger partial charge >= 0.3 is 5.97 Å². The number of methoxy groups -OCH3 is 1. The van der Waals surface area contributed by atoms with Crippen molar-refractivity contribution in [1.29, 1.82) is 0 Å². The predicted octanol–water partition coefficient (Wildman–Crippen LogP) is 3.07. The summed E-state index contributed by atoms with van der Waals surface area (Å²) in [5.74, 6) is 0.594. The van der Waals surface area contributed by atoms with E-state index in [0.717, 1.165) is 12.0 Å². The topological polar surface area (TPSA) is 35.5 Å². The minimum atomic E-state index is -0.321. The molecule has 0 saturated carbocycles. The number of carbonyl (C=O) groups is 1. The van der Waals surface area contributed by atoms with Gasteiger partial charge in [-0.3, -0.25) is 0 Å². The van der Waals surface area contributed by atoms with Gasteiger partial charge in [0.2, 0.25) is 0 Å². The third-order valence-electron chi connectivity index (χ3n) is 2.44. The van der Waals surface area contributed by atoms with Gasteiger partial charge in [0.15, 0.2) is 0 Å². The number of hydrogen-bond donors (Lipinski definition) is 0. The van der Waals surface area contributed by atoms with Crippen LogP contribution in [0.2, 0.25) is 0 Å². The van der Waals surface area contributed by atoms with E-state index in [2.05, 4.69) is 6.92 Å². The molecule has 1 aromatic carbocycles. The van der Waals surface area contributed by atoms with E-state index in [0.29, 0.717) is 23.8 Å². The number of esters is 1. The van der Waals surface area contributed by atoms with Crippen molar-refractivity contribution in [2.75, 3.05) is 13.7 Å². The van der Waals surface area contributed by atoms with Crippen LogP contribution in [0.3, 0.4) is 0 Å². The van der Waals surface area contributed by atoms with Gasteiger partial charge in [-0.25, -0.2) is 4.79 Å². The van der Waals surface area contributed by atoms with Crippen molar-refractivity contribution in [3.05, 3.63) is 29.3 Å². The lowest BCUT2D eigenvalue weighted by Gasteiger charge is -2.11. The molecule has 0 spiro atoms. The number of hydrogen-bond acceptors (Lipinski definition) is 3. The molecule has 0 radical (unpaired) electrons. The largest absolute Gasteiger partial charge is 0.496 e. The average Bonchev–Trinajstić information content (AvgIpc) is 2.34. The van der Waals surface area contributed by atoms with Crippen molar-refractivity contribution in [3.63, 3.8) is 0 Å². The molecule has 0 aliphatic heterocycles. The number of aryl methyl sites for hydroxylation is 1. The van der Waals surface area contributed by atoms with E-state index >= 15 is 0 Å². The number of ether oxygens (including phenoxy) is 2. The fourth-order valence-electron chi connectivity index (χ4n) is 1.44. The molecule has 1 rings (SSSR count). The first kappa shape index (κ1) is 13.6. The molecular formula is C14H20O3. The van der Waals surface area contributed by atoms with Crippen molar-refractivity contribution in [1.82, 2.24) is 0 Å². The van der Waals surface area contributed by atoms with E-state index in [1.54, 1.807) is 13.2 Å². The molecule has 3 nitrogen and oxygen atoms in total. The van der Waals surface area contributed by atoms with Crippen LogP contribution in [0.5, 0.6) is 5.75 Å². The molecule has 3 heteroatoms. The molecule has 0 bridgehead atoms. The molecular weight excluding hydrogens is 216 g/mol. The van der Waals surface area contributed by atoms with Crippen LogP contribution in [0, 0.1) is 5.92 Å². The Balaban J connectivity index is 2.85. The molecule has 17 heavy (non-hydrogen) atoms. The van der Waals surface area contributed by atoms with Gasteiger partial charge < -0.3 is 9.47 Å². The van der Waals surface area contributed by atoms with E-state index < -0.39 is 0 Å². The van der Waals surface area contributed by atoms with E-state index in [4.69, 9.17) is 9.47 Å². The highest BCUT2D eigenvalue weighted by atomic mass is 16.5. The summed E-state index contributed by atoms with van der Waals surface area (Å²) in [7, 11) is 1.56. The van der Waals surface area contributed by atoms with Crippen molar-refractivity contribution >= 4 is 5.97 Å². The number of carbonyl (C=O) groups excluding carboxylic acids is 1. The molecule has 0 aromatic heterocycles. The first-order chi connectivity index (χ1) is 8.08. The van der Waals surface area contributed by atoms with Gasteiger partial charge in [-0.05, 0) is 30.0 Å². The van der Waals surface area contributed by atoms with Crippen molar-refractivity contribution in [3.8, 4) is 5.75 Å². The maximum Gasteiger partial charge on any atom is 0.341 e. The summed E-state index contributed by atoms with van der Waals surface area (Å²) in [6, 6.07) is 5.57. The monoisotopic (exact) mass is 236 g/mol. The first-order valence-electron chi connectivity index (χ1n) is 5.92. The Morgan fingerprint density at radius 1 is 1.35 bits per heavy atom. The molecule has 0 fully saturated rings. The van der Waals surface area contributed by atoms with Gasteiger partial charge in [0.05, 0.1) is 13.7 Å². The molecule has 0 aliphatic rings. The lowest BCUT2D eigenvalue weighted by Crippen LogP contribution is -2.11. The smallest absolute Gasteiger partial charge is 0.341 e. The Morgan fingerprint density at radius 3 is 2.59 bits per heavy atom. The summed E-state index contributed by atoms with van der Waals surface area (Å²) in [4.78, 5) is 11.8. The van der Waals surface area contributed by atoms with Crippen molar-refractivity contribution < 1.29 is 14.3 Å². The fourth-order valence-corrected chi connectivity index (χ4v) is 1.44. The second kappa shape index (κ2) is 6.28. The molecule has 0 atom stereocenters. The van der Waals surface area contributed by atoms with Crippen LogP contribution in [0.25, 0.3) is 0 Å². The molecule has 94 valence electrons. The lowest BCUT2D eigenvalue weighted by molar-refractivity contribution is 0.0455. The number of benzene rings is 1. The zero-order valence-corrected chi connectivity index (χ0v) is 10.9. The zero-order chi connectivity index (χ0) is 12.8. The van der Waals surface area contributed by atoms with Crippen LogP contribution < -0.4 is 4.74 Å². The standard InChI is InChI=1S/C14H20O3/c1-5-11-6-7-12(13(8-11)16-4)14(15)17-9-10(2)3/h6-8,10H,5,9H2,1-4H3. The molecule has 0 unspecified atom stereocenters. The van der Waals surface area contributed by atoms with Gasteiger partial charge in [0.25, 0.3) is 0 Å². The van der Waals surface area contributed by atoms with Gasteiger partial charge in [-0.15, -0.1) is 0 Å². The Morgan fingerprint density at radius 2 is 2.06 bits per heavy atom. The normalized spacial score (nSPS) is 10.4. The van der Waals surface area contributed by atoms with Gasteiger partial charge in [0.1, 0.15) is 11.3 Å². The zero-order valence-electron chi connectivity index (χ0n) is 10.9. The SMILES string of the molecule is CCc1ccc(C(=O)OCC(C)C)c(OC)c1. The van der Waals surface area contributed by atoms with E-state index in [1.807, 2.05) is 26.0 Å². The average molecular weight is 236 g/mol. The van der Waals surface area contributed by atoms with Crippen LogP contribution >= 0.6 is 0 Å². The summed E-state index contributed by atoms with van der Waals surface area (Å²) in [6.07, 6.45) is 0.914. The fraction of sp³-hybridized carbons (Fsp3) is 0.500. The van der Waals surface area contributed by atoms with Crippen molar-refractivity contribution in [2.45, 2.75) is 27.2 Å². The van der Waals surface area contributed by atoms with Gasteiger partial charge in [-0.2, -0.15) is 0 Å². The summed E-state index contributed by atoms with van der Waals surface area (Å²) < 4.78 is 10.4. The summed E-state index contributed by atoms with van der Waals surface area (Å²) in [5, 5.41) is 0. The van der Waals surface area contributed by atoms with E-state index in [9.17, 15) is 4.79 Å². The molecule has 1 aromatic rings. The van der Waals surface area contributed by atoms with Crippen LogP contribution in [0.1, 0.15) is 36.7 Å². The minimum absolute atomic E-state index is 0.321. The molecule has 0 N–H and O–H groups in total. The quantitative estimate of drug-likeness (QED) is 0.737. The number of rotatable bonds is 5. The van der Waals surface area contributed by atoms with Gasteiger partial charge in [-0.1, -0.05) is 26.8 Å². The Hall–Kier alpha value is -1.51. The summed E-state index contributed by atoms with van der Waals surface area (Å²) in [5.41, 5.74) is 1.63. The predicted molar refractivity (Wildman–Crippen MR) is 67.5 cm³/mol. The Labute approximate surface area is 103 Å². The highest BCUT2D eigenvalue weighted by Crippen LogP contribution is 2.21. The second-order valence-electron chi connectivity index (χ2n) is 4.38. The molecule has 0 aliphatic carbocycles. The highest BCUT2D eigenvalue weighted by molar-refractivity contribution is 5.92. The molecule has 0 saturated heterocycles. The minimum Gasteiger partial charge on any atom is -0.496 e. The highest BCUT2D eigenvalue weighted by Gasteiger charge is 2.14. The Bertz CT molecular complexity index is 383. The third-order valence-corrected chi connectivity index (χ3v) is 2.44. The van der Waals surface area contributed by atoms with Crippen molar-refractivity contribution in [2.24, 2.45) is 5.92 Å². The van der Waals surface area contributed by atoms with E-state index in [-0.39, 0.29) is 5.97 Å². The summed E-state index contributed by atoms with van der Waals surface area (Å²) in [6.45, 7) is 6.50. The second-order valence-corrected chi connectivity index (χ2v) is 4.38. The van der Waals surface area contributed by atoms with Gasteiger partial charge in [0, 0.05) is 0 Å². The van der Waals surface area contributed by atoms with Crippen LogP contribution in [-0.4, -0.2) is 19.7 Å². The Kier molecular flexibility index (Phi) is 5.01. The third kappa shape index (κ3) is 3.77.